The molecule has 2 N–H and O–H groups in total. The fraction of sp³-hybridized carbons (Fsp3) is 0.867. The number of carbonyl (C=O) groups is 2. The Bertz CT molecular complexity index is 283. The number of hydrogen-bond acceptors (Lipinski definition) is 2. The van der Waals surface area contributed by atoms with E-state index in [-0.39, 0.29) is 11.8 Å². The molecule has 0 aromatic heterocycles. The standard InChI is InChI=1S/C15H27NO3/c1-2-3-11-13(15(18)19)16-14(17)12-9-7-5-4-6-8-10-12/h12-13H,2-11H2,1H3,(H,16,17)(H,18,19)/t13-/m0/s1. The van der Waals surface area contributed by atoms with Gasteiger partial charge in [-0.1, -0.05) is 51.9 Å². The van der Waals surface area contributed by atoms with Crippen molar-refractivity contribution < 1.29 is 14.7 Å². The first-order chi connectivity index (χ1) is 9.15. The fourth-order valence-electron chi connectivity index (χ4n) is 2.67. The summed E-state index contributed by atoms with van der Waals surface area (Å²) in [5.74, 6) is -0.943. The van der Waals surface area contributed by atoms with Gasteiger partial charge in [0.2, 0.25) is 5.91 Å². The van der Waals surface area contributed by atoms with Crippen molar-refractivity contribution in [1.82, 2.24) is 5.32 Å². The Kier molecular flexibility index (Phi) is 7.53. The molecule has 0 aromatic carbocycles. The molecule has 19 heavy (non-hydrogen) atoms. The van der Waals surface area contributed by atoms with Gasteiger partial charge in [0.25, 0.3) is 0 Å². The van der Waals surface area contributed by atoms with E-state index in [0.29, 0.717) is 6.42 Å². The smallest absolute Gasteiger partial charge is 0.326 e. The molecule has 0 radical (unpaired) electrons. The normalized spacial score (nSPS) is 19.2. The SMILES string of the molecule is CCCC[C@H](NC(=O)C1CCCCCCC1)C(=O)O. The average molecular weight is 269 g/mol. The Balaban J connectivity index is 2.46. The maximum atomic E-state index is 12.2. The molecule has 1 rings (SSSR count). The third kappa shape index (κ3) is 6.08. The molecule has 0 spiro atoms. The minimum atomic E-state index is -0.910. The van der Waals surface area contributed by atoms with Crippen LogP contribution < -0.4 is 5.32 Å². The number of nitrogens with one attached hydrogen (secondary N) is 1. The molecule has 4 heteroatoms. The molecule has 1 saturated carbocycles. The number of rotatable bonds is 6. The van der Waals surface area contributed by atoms with Crippen LogP contribution in [0.4, 0.5) is 0 Å². The molecule has 0 unspecified atom stereocenters. The minimum Gasteiger partial charge on any atom is -0.480 e. The highest BCUT2D eigenvalue weighted by atomic mass is 16.4. The van der Waals surface area contributed by atoms with Crippen molar-refractivity contribution in [2.24, 2.45) is 5.92 Å². The number of aliphatic carboxylic acids is 1. The number of unbranched alkanes of at least 4 members (excludes halogenated alkanes) is 1. The van der Waals surface area contributed by atoms with Crippen LogP contribution in [0.15, 0.2) is 0 Å². The Morgan fingerprint density at radius 1 is 1.16 bits per heavy atom. The molecule has 1 fully saturated rings. The topological polar surface area (TPSA) is 66.4 Å². The van der Waals surface area contributed by atoms with E-state index >= 15 is 0 Å². The van der Waals surface area contributed by atoms with Crippen LogP contribution >= 0.6 is 0 Å². The van der Waals surface area contributed by atoms with Crippen molar-refractivity contribution in [3.63, 3.8) is 0 Å². The maximum Gasteiger partial charge on any atom is 0.326 e. The van der Waals surface area contributed by atoms with E-state index in [9.17, 15) is 9.59 Å². The van der Waals surface area contributed by atoms with Crippen molar-refractivity contribution >= 4 is 11.9 Å². The molecule has 1 amide bonds. The molecule has 0 bridgehead atoms. The molecular weight excluding hydrogens is 242 g/mol. The van der Waals surface area contributed by atoms with E-state index < -0.39 is 12.0 Å². The van der Waals surface area contributed by atoms with Crippen molar-refractivity contribution in [3.05, 3.63) is 0 Å². The van der Waals surface area contributed by atoms with Gasteiger partial charge >= 0.3 is 5.97 Å². The van der Waals surface area contributed by atoms with Gasteiger partial charge in [0, 0.05) is 5.92 Å². The summed E-state index contributed by atoms with van der Waals surface area (Å²) in [6.07, 6.45) is 9.97. The van der Waals surface area contributed by atoms with Crippen molar-refractivity contribution in [1.29, 1.82) is 0 Å². The summed E-state index contributed by atoms with van der Waals surface area (Å²) >= 11 is 0. The molecule has 0 aliphatic heterocycles. The molecule has 1 atom stereocenters. The summed E-state index contributed by atoms with van der Waals surface area (Å²) in [5.41, 5.74) is 0. The van der Waals surface area contributed by atoms with Gasteiger partial charge in [-0.05, 0) is 19.3 Å². The Labute approximate surface area is 116 Å². The summed E-state index contributed by atoms with van der Waals surface area (Å²) in [4.78, 5) is 23.3. The summed E-state index contributed by atoms with van der Waals surface area (Å²) in [5, 5.41) is 11.9. The Hall–Kier alpha value is -1.06. The minimum absolute atomic E-state index is 0.0174. The summed E-state index contributed by atoms with van der Waals surface area (Å²) in [7, 11) is 0. The van der Waals surface area contributed by atoms with E-state index in [2.05, 4.69) is 5.32 Å². The third-order valence-electron chi connectivity index (χ3n) is 3.94. The lowest BCUT2D eigenvalue weighted by atomic mass is 9.90. The lowest BCUT2D eigenvalue weighted by Crippen LogP contribution is -2.43. The number of carboxylic acids is 1. The van der Waals surface area contributed by atoms with Gasteiger partial charge in [0.15, 0.2) is 0 Å². The highest BCUT2D eigenvalue weighted by Crippen LogP contribution is 2.22. The van der Waals surface area contributed by atoms with Gasteiger partial charge in [-0.3, -0.25) is 4.79 Å². The zero-order chi connectivity index (χ0) is 14.1. The molecule has 0 aromatic rings. The van der Waals surface area contributed by atoms with E-state index in [0.717, 1.165) is 38.5 Å². The van der Waals surface area contributed by atoms with Crippen LogP contribution in [0, 0.1) is 5.92 Å². The molecule has 1 aliphatic rings. The highest BCUT2D eigenvalue weighted by Gasteiger charge is 2.24. The van der Waals surface area contributed by atoms with Crippen LogP contribution in [0.1, 0.15) is 71.1 Å². The van der Waals surface area contributed by atoms with Crippen LogP contribution in [-0.2, 0) is 9.59 Å². The Morgan fingerprint density at radius 2 is 1.74 bits per heavy atom. The second-order valence-corrected chi connectivity index (χ2v) is 5.58. The molecule has 0 heterocycles. The maximum absolute atomic E-state index is 12.2. The fourth-order valence-corrected chi connectivity index (χ4v) is 2.67. The first kappa shape index (κ1) is 16.0. The van der Waals surface area contributed by atoms with E-state index in [4.69, 9.17) is 5.11 Å². The van der Waals surface area contributed by atoms with Gasteiger partial charge in [0.1, 0.15) is 6.04 Å². The molecule has 110 valence electrons. The molecular formula is C15H27NO3. The molecule has 4 nitrogen and oxygen atoms in total. The van der Waals surface area contributed by atoms with Crippen LogP contribution in [0.5, 0.6) is 0 Å². The third-order valence-corrected chi connectivity index (χ3v) is 3.94. The number of amides is 1. The second kappa shape index (κ2) is 8.94. The lowest BCUT2D eigenvalue weighted by molar-refractivity contribution is -0.142. The van der Waals surface area contributed by atoms with Crippen LogP contribution in [0.25, 0.3) is 0 Å². The summed E-state index contributed by atoms with van der Waals surface area (Å²) in [6, 6.07) is -0.710. The van der Waals surface area contributed by atoms with Gasteiger partial charge < -0.3 is 10.4 Å². The predicted molar refractivity (Wildman–Crippen MR) is 74.9 cm³/mol. The first-order valence-corrected chi connectivity index (χ1v) is 7.68. The van der Waals surface area contributed by atoms with Crippen LogP contribution in [-0.4, -0.2) is 23.0 Å². The summed E-state index contributed by atoms with van der Waals surface area (Å²) in [6.45, 7) is 2.02. The predicted octanol–water partition coefficient (Wildman–Crippen LogP) is 3.11. The van der Waals surface area contributed by atoms with Crippen LogP contribution in [0.2, 0.25) is 0 Å². The number of hydrogen-bond donors (Lipinski definition) is 2. The van der Waals surface area contributed by atoms with Crippen LogP contribution in [0.3, 0.4) is 0 Å². The quantitative estimate of drug-likeness (QED) is 0.778. The zero-order valence-electron chi connectivity index (χ0n) is 12.0. The molecule has 1 aliphatic carbocycles. The summed E-state index contributed by atoms with van der Waals surface area (Å²) < 4.78 is 0. The van der Waals surface area contributed by atoms with Crippen molar-refractivity contribution in [2.75, 3.05) is 0 Å². The zero-order valence-corrected chi connectivity index (χ0v) is 12.0. The number of carboxylic acid groups (broad SMARTS) is 1. The van der Waals surface area contributed by atoms with E-state index in [1.165, 1.54) is 19.3 Å². The van der Waals surface area contributed by atoms with E-state index in [1.807, 2.05) is 6.92 Å². The van der Waals surface area contributed by atoms with Crippen molar-refractivity contribution in [2.45, 2.75) is 77.2 Å². The first-order valence-electron chi connectivity index (χ1n) is 7.68. The lowest BCUT2D eigenvalue weighted by Gasteiger charge is -2.21. The average Bonchev–Trinajstić information content (AvgIpc) is 2.33. The van der Waals surface area contributed by atoms with Gasteiger partial charge in [-0.15, -0.1) is 0 Å². The Morgan fingerprint density at radius 3 is 2.26 bits per heavy atom. The second-order valence-electron chi connectivity index (χ2n) is 5.58. The van der Waals surface area contributed by atoms with Gasteiger partial charge in [-0.25, -0.2) is 4.79 Å². The van der Waals surface area contributed by atoms with E-state index in [1.54, 1.807) is 0 Å². The van der Waals surface area contributed by atoms with Crippen molar-refractivity contribution in [3.8, 4) is 0 Å². The molecule has 0 saturated heterocycles. The van der Waals surface area contributed by atoms with Gasteiger partial charge in [0.05, 0.1) is 0 Å². The largest absolute Gasteiger partial charge is 0.480 e. The highest BCUT2D eigenvalue weighted by molar-refractivity contribution is 5.84. The number of carbonyl (C=O) groups excluding carboxylic acids is 1. The monoisotopic (exact) mass is 269 g/mol. The van der Waals surface area contributed by atoms with Gasteiger partial charge in [-0.2, -0.15) is 0 Å².